The monoisotopic (exact) mass is 259 g/mol. The van der Waals surface area contributed by atoms with E-state index in [9.17, 15) is 9.90 Å². The van der Waals surface area contributed by atoms with Crippen LogP contribution in [0.1, 0.15) is 17.4 Å². The minimum Gasteiger partial charge on any atom is -0.480 e. The van der Waals surface area contributed by atoms with Gasteiger partial charge in [-0.05, 0) is 12.6 Å². The number of carboxylic acids is 1. The molecule has 19 heavy (non-hydrogen) atoms. The van der Waals surface area contributed by atoms with E-state index >= 15 is 0 Å². The van der Waals surface area contributed by atoms with E-state index in [-0.39, 0.29) is 0 Å². The van der Waals surface area contributed by atoms with Crippen LogP contribution >= 0.6 is 0 Å². The van der Waals surface area contributed by atoms with Gasteiger partial charge in [-0.25, -0.2) is 4.98 Å². The van der Waals surface area contributed by atoms with Crippen molar-refractivity contribution in [3.8, 4) is 0 Å². The van der Waals surface area contributed by atoms with Gasteiger partial charge < -0.3 is 9.67 Å². The predicted molar refractivity (Wildman–Crippen MR) is 71.5 cm³/mol. The first-order chi connectivity index (χ1) is 9.09. The number of hydrogen-bond acceptors (Lipinski definition) is 3. The Hall–Kier alpha value is -2.14. The number of hydrogen-bond donors (Lipinski definition) is 1. The summed E-state index contributed by atoms with van der Waals surface area (Å²) in [7, 11) is 3.69. The van der Waals surface area contributed by atoms with Crippen LogP contribution in [-0.4, -0.2) is 32.6 Å². The Kier molecular flexibility index (Phi) is 3.97. The molecule has 0 spiro atoms. The maximum Gasteiger partial charge on any atom is 0.325 e. The summed E-state index contributed by atoms with van der Waals surface area (Å²) in [6.45, 7) is 0.482. The smallest absolute Gasteiger partial charge is 0.325 e. The number of rotatable bonds is 5. The third-order valence-corrected chi connectivity index (χ3v) is 3.10. The molecule has 2 rings (SSSR count). The highest BCUT2D eigenvalue weighted by molar-refractivity contribution is 5.75. The molecule has 1 aromatic carbocycles. The van der Waals surface area contributed by atoms with Crippen LogP contribution in [-0.2, 0) is 18.4 Å². The van der Waals surface area contributed by atoms with Crippen LogP contribution in [0.4, 0.5) is 0 Å². The van der Waals surface area contributed by atoms with Gasteiger partial charge in [-0.3, -0.25) is 9.69 Å². The molecule has 0 aliphatic rings. The van der Waals surface area contributed by atoms with Crippen molar-refractivity contribution in [1.29, 1.82) is 0 Å². The molecule has 5 heteroatoms. The summed E-state index contributed by atoms with van der Waals surface area (Å²) >= 11 is 0. The van der Waals surface area contributed by atoms with Crippen LogP contribution in [0.15, 0.2) is 42.7 Å². The fourth-order valence-electron chi connectivity index (χ4n) is 2.08. The second kappa shape index (κ2) is 5.67. The second-order valence-corrected chi connectivity index (χ2v) is 4.52. The molecule has 1 aromatic heterocycles. The van der Waals surface area contributed by atoms with Crippen molar-refractivity contribution in [2.75, 3.05) is 7.05 Å². The summed E-state index contributed by atoms with van der Waals surface area (Å²) in [5.41, 5.74) is 0.770. The van der Waals surface area contributed by atoms with E-state index in [2.05, 4.69) is 4.98 Å². The topological polar surface area (TPSA) is 58.4 Å². The van der Waals surface area contributed by atoms with E-state index in [4.69, 9.17) is 0 Å². The summed E-state index contributed by atoms with van der Waals surface area (Å²) in [4.78, 5) is 17.5. The summed E-state index contributed by atoms with van der Waals surface area (Å²) < 4.78 is 1.89. The second-order valence-electron chi connectivity index (χ2n) is 4.52. The van der Waals surface area contributed by atoms with Crippen molar-refractivity contribution < 1.29 is 9.90 Å². The molecule has 0 bridgehead atoms. The van der Waals surface area contributed by atoms with Crippen molar-refractivity contribution in [2.24, 2.45) is 7.05 Å². The van der Waals surface area contributed by atoms with Crippen molar-refractivity contribution in [3.05, 3.63) is 54.1 Å². The Morgan fingerprint density at radius 1 is 1.42 bits per heavy atom. The molecule has 1 atom stereocenters. The lowest BCUT2D eigenvalue weighted by atomic mass is 10.1. The van der Waals surface area contributed by atoms with Crippen LogP contribution in [0, 0.1) is 0 Å². The van der Waals surface area contributed by atoms with Gasteiger partial charge in [0.2, 0.25) is 0 Å². The largest absolute Gasteiger partial charge is 0.480 e. The number of benzene rings is 1. The van der Waals surface area contributed by atoms with E-state index in [0.29, 0.717) is 6.54 Å². The molecular formula is C14H17N3O2. The maximum atomic E-state index is 11.5. The third kappa shape index (κ3) is 3.00. The quantitative estimate of drug-likeness (QED) is 0.887. The van der Waals surface area contributed by atoms with Crippen molar-refractivity contribution in [1.82, 2.24) is 14.5 Å². The van der Waals surface area contributed by atoms with Gasteiger partial charge in [-0.2, -0.15) is 0 Å². The SMILES string of the molecule is CN(Cc1nccn1C)C(C(=O)O)c1ccccc1. The van der Waals surface area contributed by atoms with Gasteiger partial charge in [0.15, 0.2) is 0 Å². The van der Waals surface area contributed by atoms with Crippen LogP contribution < -0.4 is 0 Å². The number of imidazole rings is 1. The van der Waals surface area contributed by atoms with Crippen LogP contribution in [0.5, 0.6) is 0 Å². The van der Waals surface area contributed by atoms with E-state index in [0.717, 1.165) is 11.4 Å². The zero-order valence-electron chi connectivity index (χ0n) is 11.0. The van der Waals surface area contributed by atoms with Crippen molar-refractivity contribution in [3.63, 3.8) is 0 Å². The number of likely N-dealkylation sites (N-methyl/N-ethyl adjacent to an activating group) is 1. The van der Waals surface area contributed by atoms with Gasteiger partial charge in [0.05, 0.1) is 6.54 Å². The molecule has 0 radical (unpaired) electrons. The Morgan fingerprint density at radius 3 is 2.63 bits per heavy atom. The number of aliphatic carboxylic acids is 1. The fourth-order valence-corrected chi connectivity index (χ4v) is 2.08. The molecular weight excluding hydrogens is 242 g/mol. The highest BCUT2D eigenvalue weighted by Crippen LogP contribution is 2.20. The number of carbonyl (C=O) groups is 1. The highest BCUT2D eigenvalue weighted by Gasteiger charge is 2.25. The lowest BCUT2D eigenvalue weighted by Crippen LogP contribution is -2.31. The molecule has 0 fully saturated rings. The average Bonchev–Trinajstić information content (AvgIpc) is 2.76. The number of aromatic nitrogens is 2. The number of aryl methyl sites for hydroxylation is 1. The molecule has 5 nitrogen and oxygen atoms in total. The maximum absolute atomic E-state index is 11.5. The molecule has 0 saturated heterocycles. The molecule has 0 amide bonds. The van der Waals surface area contributed by atoms with Gasteiger partial charge in [-0.15, -0.1) is 0 Å². The van der Waals surface area contributed by atoms with Crippen LogP contribution in [0.25, 0.3) is 0 Å². The van der Waals surface area contributed by atoms with Gasteiger partial charge in [0.1, 0.15) is 11.9 Å². The van der Waals surface area contributed by atoms with Crippen molar-refractivity contribution >= 4 is 5.97 Å². The molecule has 2 aromatic rings. The van der Waals surface area contributed by atoms with Crippen LogP contribution in [0.3, 0.4) is 0 Å². The Balaban J connectivity index is 2.21. The van der Waals surface area contributed by atoms with E-state index in [1.807, 2.05) is 48.1 Å². The zero-order valence-corrected chi connectivity index (χ0v) is 11.0. The molecule has 0 aliphatic heterocycles. The van der Waals surface area contributed by atoms with E-state index in [1.54, 1.807) is 18.1 Å². The first-order valence-corrected chi connectivity index (χ1v) is 6.04. The average molecular weight is 259 g/mol. The van der Waals surface area contributed by atoms with Crippen molar-refractivity contribution in [2.45, 2.75) is 12.6 Å². The number of carboxylic acid groups (broad SMARTS) is 1. The lowest BCUT2D eigenvalue weighted by molar-refractivity contribution is -0.143. The molecule has 0 saturated carbocycles. The molecule has 1 unspecified atom stereocenters. The first-order valence-electron chi connectivity index (χ1n) is 6.04. The normalized spacial score (nSPS) is 12.6. The standard InChI is InChI=1S/C14H17N3O2/c1-16-9-8-15-12(16)10-17(2)13(14(18)19)11-6-4-3-5-7-11/h3-9,13H,10H2,1-2H3,(H,18,19). The first kappa shape index (κ1) is 13.3. The predicted octanol–water partition coefficient (Wildman–Crippen LogP) is 1.68. The van der Waals surface area contributed by atoms with Crippen LogP contribution in [0.2, 0.25) is 0 Å². The van der Waals surface area contributed by atoms with Gasteiger partial charge in [0.25, 0.3) is 0 Å². The van der Waals surface area contributed by atoms with E-state index < -0.39 is 12.0 Å². The fraction of sp³-hybridized carbons (Fsp3) is 0.286. The molecule has 100 valence electrons. The molecule has 1 heterocycles. The Bertz CT molecular complexity index is 551. The third-order valence-electron chi connectivity index (χ3n) is 3.10. The molecule has 0 aliphatic carbocycles. The Labute approximate surface area is 112 Å². The summed E-state index contributed by atoms with van der Waals surface area (Å²) in [6.07, 6.45) is 3.56. The zero-order chi connectivity index (χ0) is 13.8. The van der Waals surface area contributed by atoms with Gasteiger partial charge in [0, 0.05) is 19.4 Å². The van der Waals surface area contributed by atoms with Gasteiger partial charge >= 0.3 is 5.97 Å². The Morgan fingerprint density at radius 2 is 2.11 bits per heavy atom. The summed E-state index contributed by atoms with van der Waals surface area (Å²) in [5, 5.41) is 9.43. The lowest BCUT2D eigenvalue weighted by Gasteiger charge is -2.24. The number of nitrogens with zero attached hydrogens (tertiary/aromatic N) is 3. The summed E-state index contributed by atoms with van der Waals surface area (Å²) in [5.74, 6) is -0.0207. The highest BCUT2D eigenvalue weighted by atomic mass is 16.4. The van der Waals surface area contributed by atoms with E-state index in [1.165, 1.54) is 0 Å². The minimum atomic E-state index is -0.858. The van der Waals surface area contributed by atoms with Gasteiger partial charge in [-0.1, -0.05) is 30.3 Å². The molecule has 1 N–H and O–H groups in total. The summed E-state index contributed by atoms with van der Waals surface area (Å²) in [6, 6.07) is 8.56. The minimum absolute atomic E-state index is 0.482.